The quantitative estimate of drug-likeness (QED) is 0.429. The third-order valence-corrected chi connectivity index (χ3v) is 7.57. The van der Waals surface area contributed by atoms with Gasteiger partial charge in [-0.25, -0.2) is 0 Å². The smallest absolute Gasteiger partial charge is 0.241 e. The topological polar surface area (TPSA) is 50.8 Å². The summed E-state index contributed by atoms with van der Waals surface area (Å²) in [5.74, 6) is 1.23. The number of hydrogen-bond donors (Lipinski definition) is 1. The second-order valence-corrected chi connectivity index (χ2v) is 10.2. The van der Waals surface area contributed by atoms with Gasteiger partial charge in [-0.1, -0.05) is 73.5 Å². The van der Waals surface area contributed by atoms with Crippen LogP contribution in [0, 0.1) is 0 Å². The van der Waals surface area contributed by atoms with Crippen LogP contribution >= 0.6 is 23.2 Å². The Bertz CT molecular complexity index is 1340. The van der Waals surface area contributed by atoms with E-state index in [9.17, 15) is 4.79 Å². The molecule has 1 saturated heterocycles. The lowest BCUT2D eigenvalue weighted by molar-refractivity contribution is -0.118. The average Bonchev–Trinajstić information content (AvgIpc) is 3.27. The van der Waals surface area contributed by atoms with E-state index in [1.54, 1.807) is 19.2 Å². The van der Waals surface area contributed by atoms with Crippen molar-refractivity contribution in [1.82, 2.24) is 5.32 Å². The average molecular weight is 509 g/mol. The van der Waals surface area contributed by atoms with Crippen LogP contribution in [0.5, 0.6) is 11.5 Å². The fraction of sp³-hybridized carbons (Fsp3) is 0.250. The highest BCUT2D eigenvalue weighted by atomic mass is 35.5. The zero-order valence-corrected chi connectivity index (χ0v) is 21.3. The highest BCUT2D eigenvalue weighted by molar-refractivity contribution is 6.35. The number of hydrogen-bond acceptors (Lipinski definition) is 4. The predicted octanol–water partition coefficient (Wildman–Crippen LogP) is 6.22. The molecule has 3 aromatic carbocycles. The molecule has 5 rings (SSSR count). The van der Waals surface area contributed by atoms with Gasteiger partial charge in [0.2, 0.25) is 5.91 Å². The molecule has 0 saturated carbocycles. The molecule has 0 spiro atoms. The zero-order chi connectivity index (χ0) is 24.8. The lowest BCUT2D eigenvalue weighted by Crippen LogP contribution is -2.58. The number of nitrogens with one attached hydrogen (secondary N) is 1. The summed E-state index contributed by atoms with van der Waals surface area (Å²) in [7, 11) is 1.61. The van der Waals surface area contributed by atoms with Crippen LogP contribution in [-0.4, -0.2) is 25.2 Å². The zero-order valence-electron chi connectivity index (χ0n) is 19.8. The molecule has 3 aromatic rings. The monoisotopic (exact) mass is 508 g/mol. The van der Waals surface area contributed by atoms with Crippen LogP contribution < -0.4 is 19.7 Å². The van der Waals surface area contributed by atoms with Crippen molar-refractivity contribution in [1.29, 1.82) is 0 Å². The Hall–Kier alpha value is -3.15. The highest BCUT2D eigenvalue weighted by Crippen LogP contribution is 2.52. The molecule has 1 fully saturated rings. The number of ether oxygens (including phenoxy) is 2. The first-order valence-electron chi connectivity index (χ1n) is 11.4. The van der Waals surface area contributed by atoms with Crippen LogP contribution in [-0.2, 0) is 16.8 Å². The molecule has 1 unspecified atom stereocenters. The third-order valence-electron chi connectivity index (χ3n) is 6.98. The van der Waals surface area contributed by atoms with Gasteiger partial charge in [-0.2, -0.15) is 0 Å². The highest BCUT2D eigenvalue weighted by Gasteiger charge is 2.59. The van der Waals surface area contributed by atoms with Crippen molar-refractivity contribution in [2.45, 2.75) is 31.5 Å². The Morgan fingerprint density at radius 1 is 1.06 bits per heavy atom. The molecule has 0 aliphatic carbocycles. The summed E-state index contributed by atoms with van der Waals surface area (Å²) in [5.41, 5.74) is 3.09. The predicted molar refractivity (Wildman–Crippen MR) is 141 cm³/mol. The summed E-state index contributed by atoms with van der Waals surface area (Å²) in [6, 6.07) is 19.3. The fourth-order valence-corrected chi connectivity index (χ4v) is 5.52. The van der Waals surface area contributed by atoms with E-state index in [1.807, 2.05) is 42.5 Å². The van der Waals surface area contributed by atoms with E-state index in [4.69, 9.17) is 32.7 Å². The maximum absolute atomic E-state index is 12.5. The van der Waals surface area contributed by atoms with Gasteiger partial charge in [0, 0.05) is 26.7 Å². The normalized spacial score (nSPS) is 20.0. The molecule has 1 amide bonds. The van der Waals surface area contributed by atoms with Crippen LogP contribution in [0.3, 0.4) is 0 Å². The van der Waals surface area contributed by atoms with Crippen LogP contribution in [0.4, 0.5) is 5.69 Å². The number of anilines is 1. The van der Waals surface area contributed by atoms with E-state index >= 15 is 0 Å². The summed E-state index contributed by atoms with van der Waals surface area (Å²) in [6.07, 6.45) is 4.11. The second-order valence-electron chi connectivity index (χ2n) is 9.31. The van der Waals surface area contributed by atoms with Crippen molar-refractivity contribution in [3.05, 3.63) is 93.5 Å². The third kappa shape index (κ3) is 3.93. The van der Waals surface area contributed by atoms with Gasteiger partial charge in [-0.15, -0.1) is 0 Å². The minimum absolute atomic E-state index is 0.0133. The lowest BCUT2D eigenvalue weighted by atomic mass is 9.75. The molecule has 180 valence electrons. The molecule has 0 aromatic heterocycles. The van der Waals surface area contributed by atoms with E-state index in [-0.39, 0.29) is 17.9 Å². The van der Waals surface area contributed by atoms with Gasteiger partial charge in [0.05, 0.1) is 13.7 Å². The first-order valence-corrected chi connectivity index (χ1v) is 12.1. The summed E-state index contributed by atoms with van der Waals surface area (Å²) in [5, 5.41) is 4.38. The molecule has 7 heteroatoms. The Labute approximate surface area is 215 Å². The standard InChI is InChI=1S/C28H26Cl2N2O3/c1-27(2)21-6-4-5-7-23(21)32-16-26(33)31-28(27,32)13-12-18-8-11-24(25(14-18)34-3)35-17-19-9-10-20(29)15-22(19)30/h4-15H,16-17H2,1-3H3,(H,31,33). The van der Waals surface area contributed by atoms with Gasteiger partial charge >= 0.3 is 0 Å². The molecule has 2 aliphatic rings. The molecule has 0 radical (unpaired) electrons. The molecule has 2 aliphatic heterocycles. The number of carbonyl (C=O) groups excluding carboxylic acids is 1. The van der Waals surface area contributed by atoms with Crippen molar-refractivity contribution in [3.63, 3.8) is 0 Å². The van der Waals surface area contributed by atoms with Crippen molar-refractivity contribution in [2.75, 3.05) is 18.6 Å². The van der Waals surface area contributed by atoms with Crippen molar-refractivity contribution in [3.8, 4) is 11.5 Å². The van der Waals surface area contributed by atoms with Crippen LogP contribution in [0.1, 0.15) is 30.5 Å². The maximum atomic E-state index is 12.5. The molecular formula is C28H26Cl2N2O3. The molecule has 2 heterocycles. The summed E-state index contributed by atoms with van der Waals surface area (Å²) >= 11 is 12.3. The number of rotatable bonds is 6. The molecule has 1 atom stereocenters. The molecule has 35 heavy (non-hydrogen) atoms. The number of nitrogens with zero attached hydrogens (tertiary/aromatic N) is 1. The van der Waals surface area contributed by atoms with E-state index in [1.165, 1.54) is 5.56 Å². The molecule has 5 nitrogen and oxygen atoms in total. The lowest BCUT2D eigenvalue weighted by Gasteiger charge is -2.40. The first-order chi connectivity index (χ1) is 16.7. The van der Waals surface area contributed by atoms with Gasteiger partial charge < -0.3 is 19.7 Å². The number of benzene rings is 3. The minimum atomic E-state index is -0.651. The number of halogens is 2. The van der Waals surface area contributed by atoms with Crippen LogP contribution in [0.25, 0.3) is 6.08 Å². The van der Waals surface area contributed by atoms with Gasteiger partial charge in [-0.3, -0.25) is 4.79 Å². The first kappa shape index (κ1) is 23.6. The number of carbonyl (C=O) groups is 1. The fourth-order valence-electron chi connectivity index (χ4n) is 5.06. The van der Waals surface area contributed by atoms with E-state index in [0.717, 1.165) is 16.8 Å². The SMILES string of the molecule is COc1cc(C=CC23NC(=O)CN2c2ccccc2C3(C)C)ccc1OCc1ccc(Cl)cc1Cl. The Morgan fingerprint density at radius 3 is 2.63 bits per heavy atom. The Morgan fingerprint density at radius 2 is 1.86 bits per heavy atom. The van der Waals surface area contributed by atoms with Crippen molar-refractivity contribution in [2.24, 2.45) is 0 Å². The van der Waals surface area contributed by atoms with Gasteiger partial charge in [0.15, 0.2) is 11.5 Å². The van der Waals surface area contributed by atoms with E-state index in [0.29, 0.717) is 28.1 Å². The molecule has 1 N–H and O–H groups in total. The van der Waals surface area contributed by atoms with Crippen molar-refractivity contribution >= 4 is 40.9 Å². The van der Waals surface area contributed by atoms with Gasteiger partial charge in [0.1, 0.15) is 12.3 Å². The van der Waals surface area contributed by atoms with E-state index < -0.39 is 5.66 Å². The minimum Gasteiger partial charge on any atom is -0.493 e. The van der Waals surface area contributed by atoms with Gasteiger partial charge in [-0.05, 0) is 47.5 Å². The second kappa shape index (κ2) is 8.81. The molecular weight excluding hydrogens is 483 g/mol. The number of amides is 1. The Kier molecular flexibility index (Phi) is 5.94. The number of para-hydroxylation sites is 1. The summed E-state index contributed by atoms with van der Waals surface area (Å²) in [6.45, 7) is 4.95. The van der Waals surface area contributed by atoms with Crippen molar-refractivity contribution < 1.29 is 14.3 Å². The van der Waals surface area contributed by atoms with Crippen LogP contribution in [0.15, 0.2) is 66.7 Å². The molecule has 0 bridgehead atoms. The number of fused-ring (bicyclic) bond motifs is 3. The number of methoxy groups -OCH3 is 1. The van der Waals surface area contributed by atoms with Gasteiger partial charge in [0.25, 0.3) is 0 Å². The maximum Gasteiger partial charge on any atom is 0.241 e. The van der Waals surface area contributed by atoms with Crippen LogP contribution in [0.2, 0.25) is 10.0 Å². The largest absolute Gasteiger partial charge is 0.493 e. The summed E-state index contributed by atoms with van der Waals surface area (Å²) in [4.78, 5) is 14.7. The summed E-state index contributed by atoms with van der Waals surface area (Å²) < 4.78 is 11.6. The Balaban J connectivity index is 1.41. The van der Waals surface area contributed by atoms with E-state index in [2.05, 4.69) is 42.3 Å².